The van der Waals surface area contributed by atoms with Gasteiger partial charge < -0.3 is 5.73 Å². The zero-order valence-electron chi connectivity index (χ0n) is 12.3. The van der Waals surface area contributed by atoms with Crippen molar-refractivity contribution in [3.8, 4) is 0 Å². The van der Waals surface area contributed by atoms with Gasteiger partial charge in [-0.3, -0.25) is 4.90 Å². The summed E-state index contributed by atoms with van der Waals surface area (Å²) in [6.07, 6.45) is 0. The Hall–Kier alpha value is -1.94. The zero-order chi connectivity index (χ0) is 15.4. The minimum atomic E-state index is -0.548. The first-order valence-corrected chi connectivity index (χ1v) is 6.98. The van der Waals surface area contributed by atoms with E-state index in [-0.39, 0.29) is 6.04 Å². The van der Waals surface area contributed by atoms with E-state index in [0.717, 1.165) is 17.3 Å². The summed E-state index contributed by atoms with van der Waals surface area (Å²) in [6.45, 7) is 5.22. The first kappa shape index (κ1) is 15.4. The predicted octanol–water partition coefficient (Wildman–Crippen LogP) is 3.96. The molecule has 0 aliphatic rings. The lowest BCUT2D eigenvalue weighted by atomic mass is 10.1. The highest BCUT2D eigenvalue weighted by Gasteiger charge is 2.13. The third-order valence-corrected chi connectivity index (χ3v) is 3.47. The van der Waals surface area contributed by atoms with Crippen LogP contribution in [0.25, 0.3) is 0 Å². The number of rotatable bonds is 5. The predicted molar refractivity (Wildman–Crippen MR) is 81.6 cm³/mol. The molecule has 0 unspecified atom stereocenters. The van der Waals surface area contributed by atoms with Gasteiger partial charge in [-0.05, 0) is 43.2 Å². The molecule has 112 valence electrons. The van der Waals surface area contributed by atoms with E-state index in [9.17, 15) is 8.78 Å². The van der Waals surface area contributed by atoms with E-state index < -0.39 is 11.6 Å². The van der Waals surface area contributed by atoms with E-state index in [1.165, 1.54) is 12.1 Å². The number of benzene rings is 2. The van der Waals surface area contributed by atoms with Crippen molar-refractivity contribution in [2.45, 2.75) is 33.0 Å². The second-order valence-electron chi connectivity index (χ2n) is 5.48. The number of hydrogen-bond donors (Lipinski definition) is 1. The van der Waals surface area contributed by atoms with Crippen LogP contribution >= 0.6 is 0 Å². The van der Waals surface area contributed by atoms with E-state index in [0.29, 0.717) is 18.7 Å². The SMILES string of the molecule is CC(C)N(Cc1cc(F)cc(F)c1)Cc1ccccc1N. The van der Waals surface area contributed by atoms with Crippen molar-refractivity contribution in [3.63, 3.8) is 0 Å². The lowest BCUT2D eigenvalue weighted by Crippen LogP contribution is -2.30. The van der Waals surface area contributed by atoms with Crippen LogP contribution in [0.2, 0.25) is 0 Å². The van der Waals surface area contributed by atoms with Gasteiger partial charge in [-0.25, -0.2) is 8.78 Å². The van der Waals surface area contributed by atoms with E-state index >= 15 is 0 Å². The second kappa shape index (κ2) is 6.68. The quantitative estimate of drug-likeness (QED) is 0.845. The molecule has 0 fully saturated rings. The highest BCUT2D eigenvalue weighted by atomic mass is 19.1. The van der Waals surface area contributed by atoms with Crippen molar-refractivity contribution in [1.29, 1.82) is 0 Å². The lowest BCUT2D eigenvalue weighted by Gasteiger charge is -2.27. The van der Waals surface area contributed by atoms with Crippen LogP contribution in [0.5, 0.6) is 0 Å². The van der Waals surface area contributed by atoms with Crippen molar-refractivity contribution in [1.82, 2.24) is 4.90 Å². The van der Waals surface area contributed by atoms with E-state index in [2.05, 4.69) is 18.7 Å². The Morgan fingerprint density at radius 3 is 2.19 bits per heavy atom. The summed E-state index contributed by atoms with van der Waals surface area (Å²) >= 11 is 0. The summed E-state index contributed by atoms with van der Waals surface area (Å²) in [5.41, 5.74) is 8.33. The third-order valence-electron chi connectivity index (χ3n) is 3.47. The smallest absolute Gasteiger partial charge is 0.126 e. The Bertz CT molecular complexity index is 591. The van der Waals surface area contributed by atoms with Crippen LogP contribution in [0.3, 0.4) is 0 Å². The molecular weight excluding hydrogens is 270 g/mol. The van der Waals surface area contributed by atoms with Gasteiger partial charge in [-0.1, -0.05) is 18.2 Å². The standard InChI is InChI=1S/C17H20F2N2/c1-12(2)21(11-14-5-3-4-6-17(14)20)10-13-7-15(18)9-16(19)8-13/h3-9,12H,10-11,20H2,1-2H3. The highest BCUT2D eigenvalue weighted by molar-refractivity contribution is 5.46. The van der Waals surface area contributed by atoms with Gasteiger partial charge in [0.05, 0.1) is 0 Å². The van der Waals surface area contributed by atoms with Gasteiger partial charge in [-0.2, -0.15) is 0 Å². The molecule has 2 aromatic carbocycles. The van der Waals surface area contributed by atoms with Crippen LogP contribution in [-0.2, 0) is 13.1 Å². The Morgan fingerprint density at radius 2 is 1.62 bits per heavy atom. The maximum Gasteiger partial charge on any atom is 0.126 e. The number of nitrogens with zero attached hydrogens (tertiary/aromatic N) is 1. The number of para-hydroxylation sites is 1. The molecule has 2 aromatic rings. The van der Waals surface area contributed by atoms with Gasteiger partial charge in [0, 0.05) is 30.9 Å². The number of hydrogen-bond acceptors (Lipinski definition) is 2. The third kappa shape index (κ3) is 4.26. The normalized spacial score (nSPS) is 11.3. The number of nitrogen functional groups attached to an aromatic ring is 1. The Balaban J connectivity index is 2.18. The fraction of sp³-hybridized carbons (Fsp3) is 0.294. The molecule has 0 spiro atoms. The first-order chi connectivity index (χ1) is 9.95. The van der Waals surface area contributed by atoms with E-state index in [1.54, 1.807) is 0 Å². The monoisotopic (exact) mass is 290 g/mol. The van der Waals surface area contributed by atoms with E-state index in [1.807, 2.05) is 24.3 Å². The van der Waals surface area contributed by atoms with E-state index in [4.69, 9.17) is 5.73 Å². The van der Waals surface area contributed by atoms with Crippen molar-refractivity contribution in [3.05, 3.63) is 65.2 Å². The largest absolute Gasteiger partial charge is 0.398 e. The number of nitrogens with two attached hydrogens (primary N) is 1. The van der Waals surface area contributed by atoms with Crippen LogP contribution in [0.15, 0.2) is 42.5 Å². The molecule has 2 nitrogen and oxygen atoms in total. The maximum atomic E-state index is 13.3. The van der Waals surface area contributed by atoms with Crippen LogP contribution in [0, 0.1) is 11.6 Å². The van der Waals surface area contributed by atoms with Crippen molar-refractivity contribution < 1.29 is 8.78 Å². The topological polar surface area (TPSA) is 29.3 Å². The molecule has 0 bridgehead atoms. The van der Waals surface area contributed by atoms with Gasteiger partial charge in [0.25, 0.3) is 0 Å². The van der Waals surface area contributed by atoms with Crippen LogP contribution in [0.1, 0.15) is 25.0 Å². The molecule has 0 amide bonds. The Morgan fingerprint density at radius 1 is 1.00 bits per heavy atom. The fourth-order valence-electron chi connectivity index (χ4n) is 2.25. The van der Waals surface area contributed by atoms with Gasteiger partial charge in [0.2, 0.25) is 0 Å². The average molecular weight is 290 g/mol. The molecule has 0 aromatic heterocycles. The number of halogens is 2. The Kier molecular flexibility index (Phi) is 4.91. The molecule has 2 N–H and O–H groups in total. The molecule has 0 saturated carbocycles. The molecule has 2 rings (SSSR count). The van der Waals surface area contributed by atoms with Gasteiger partial charge in [0.1, 0.15) is 11.6 Å². The van der Waals surface area contributed by atoms with Crippen molar-refractivity contribution >= 4 is 5.69 Å². The minimum Gasteiger partial charge on any atom is -0.398 e. The van der Waals surface area contributed by atoms with Crippen molar-refractivity contribution in [2.75, 3.05) is 5.73 Å². The Labute approximate surface area is 124 Å². The fourth-order valence-corrected chi connectivity index (χ4v) is 2.25. The van der Waals surface area contributed by atoms with Crippen LogP contribution in [-0.4, -0.2) is 10.9 Å². The minimum absolute atomic E-state index is 0.232. The molecule has 21 heavy (non-hydrogen) atoms. The zero-order valence-corrected chi connectivity index (χ0v) is 12.3. The second-order valence-corrected chi connectivity index (χ2v) is 5.48. The molecule has 0 heterocycles. The highest BCUT2D eigenvalue weighted by Crippen LogP contribution is 2.18. The number of anilines is 1. The average Bonchev–Trinajstić information content (AvgIpc) is 2.39. The summed E-state index contributed by atoms with van der Waals surface area (Å²) in [5.74, 6) is -1.10. The van der Waals surface area contributed by atoms with Gasteiger partial charge >= 0.3 is 0 Å². The molecular formula is C17H20F2N2. The summed E-state index contributed by atoms with van der Waals surface area (Å²) in [5, 5.41) is 0. The molecule has 4 heteroatoms. The molecule has 0 aliphatic carbocycles. The van der Waals surface area contributed by atoms with Gasteiger partial charge in [0.15, 0.2) is 0 Å². The van der Waals surface area contributed by atoms with Gasteiger partial charge in [-0.15, -0.1) is 0 Å². The molecule has 0 radical (unpaired) electrons. The first-order valence-electron chi connectivity index (χ1n) is 6.98. The van der Waals surface area contributed by atoms with Crippen LogP contribution in [0.4, 0.5) is 14.5 Å². The molecule has 0 atom stereocenters. The molecule has 0 saturated heterocycles. The summed E-state index contributed by atoms with van der Waals surface area (Å²) in [4.78, 5) is 2.12. The summed E-state index contributed by atoms with van der Waals surface area (Å²) in [7, 11) is 0. The summed E-state index contributed by atoms with van der Waals surface area (Å²) < 4.78 is 26.6. The molecule has 0 aliphatic heterocycles. The maximum absolute atomic E-state index is 13.3. The summed E-state index contributed by atoms with van der Waals surface area (Å²) in [6, 6.07) is 11.5. The lowest BCUT2D eigenvalue weighted by molar-refractivity contribution is 0.203. The van der Waals surface area contributed by atoms with Crippen LogP contribution < -0.4 is 5.73 Å². The van der Waals surface area contributed by atoms with Crippen molar-refractivity contribution in [2.24, 2.45) is 0 Å².